The smallest absolute Gasteiger partial charge is 0.218 e. The molecule has 2 aliphatic heterocycles. The Morgan fingerprint density at radius 1 is 1.15 bits per heavy atom. The van der Waals surface area contributed by atoms with Gasteiger partial charge in [0.05, 0.1) is 6.34 Å². The average Bonchev–Trinajstić information content (AvgIpc) is 3.26. The van der Waals surface area contributed by atoms with Crippen LogP contribution in [-0.4, -0.2) is 54.5 Å². The summed E-state index contributed by atoms with van der Waals surface area (Å²) in [6.07, 6.45) is 14.1. The molecule has 1 aromatic heterocycles. The Morgan fingerprint density at radius 3 is 2.88 bits per heavy atom. The monoisotopic (exact) mass is 464 g/mol. The van der Waals surface area contributed by atoms with Crippen molar-refractivity contribution in [2.45, 2.75) is 50.0 Å². The van der Waals surface area contributed by atoms with E-state index in [1.54, 1.807) is 24.4 Å². The van der Waals surface area contributed by atoms with Crippen LogP contribution in [0.15, 0.2) is 57.2 Å². The number of hydrogen-bond acceptors (Lipinski definition) is 8. The highest BCUT2D eigenvalue weighted by Crippen LogP contribution is 2.36. The summed E-state index contributed by atoms with van der Waals surface area (Å²) in [5.41, 5.74) is 3.76. The Bertz CT molecular complexity index is 1020. The van der Waals surface area contributed by atoms with Crippen LogP contribution in [0.4, 0.5) is 11.5 Å². The molecule has 0 saturated carbocycles. The fourth-order valence-corrected chi connectivity index (χ4v) is 4.53. The summed E-state index contributed by atoms with van der Waals surface area (Å²) in [5.74, 6) is 1.47. The summed E-state index contributed by atoms with van der Waals surface area (Å²) in [5, 5.41) is 3.14. The van der Waals surface area contributed by atoms with Crippen molar-refractivity contribution in [2.24, 2.45) is 9.98 Å². The maximum atomic E-state index is 6.29. The molecule has 3 heterocycles. The van der Waals surface area contributed by atoms with E-state index in [2.05, 4.69) is 61.5 Å². The predicted octanol–water partition coefficient (Wildman–Crippen LogP) is 4.81. The van der Waals surface area contributed by atoms with E-state index in [9.17, 15) is 0 Å². The van der Waals surface area contributed by atoms with Gasteiger partial charge in [0.25, 0.3) is 0 Å². The van der Waals surface area contributed by atoms with Crippen LogP contribution >= 0.6 is 11.8 Å². The van der Waals surface area contributed by atoms with Gasteiger partial charge >= 0.3 is 0 Å². The molecule has 174 valence electrons. The Morgan fingerprint density at radius 2 is 2.03 bits per heavy atom. The first-order valence-electron chi connectivity index (χ1n) is 11.6. The van der Waals surface area contributed by atoms with Gasteiger partial charge in [0, 0.05) is 61.5 Å². The highest BCUT2D eigenvalue weighted by Gasteiger charge is 2.22. The number of allylic oxidation sites excluding steroid dienone is 1. The van der Waals surface area contributed by atoms with Gasteiger partial charge in [0.2, 0.25) is 5.88 Å². The van der Waals surface area contributed by atoms with Gasteiger partial charge in [-0.15, -0.1) is 11.8 Å². The lowest BCUT2D eigenvalue weighted by Crippen LogP contribution is -2.21. The normalized spacial score (nSPS) is 20.2. The van der Waals surface area contributed by atoms with E-state index < -0.39 is 0 Å². The van der Waals surface area contributed by atoms with Crippen LogP contribution in [0, 0.1) is 0 Å². The van der Waals surface area contributed by atoms with Crippen LogP contribution in [0.2, 0.25) is 0 Å². The third-order valence-electron chi connectivity index (χ3n) is 5.76. The molecule has 1 atom stereocenters. The molecule has 8 heteroatoms. The quantitative estimate of drug-likeness (QED) is 0.619. The number of fused-ring (bicyclic) bond motifs is 1. The fraction of sp³-hybridized carbons (Fsp3) is 0.440. The summed E-state index contributed by atoms with van der Waals surface area (Å²) in [7, 11) is 0. The van der Waals surface area contributed by atoms with E-state index in [-0.39, 0.29) is 6.10 Å². The molecule has 1 aromatic carbocycles. The van der Waals surface area contributed by atoms with Gasteiger partial charge in [-0.25, -0.2) is 9.97 Å². The van der Waals surface area contributed by atoms with Crippen LogP contribution in [0.1, 0.15) is 38.2 Å². The van der Waals surface area contributed by atoms with Gasteiger partial charge in [-0.05, 0) is 48.4 Å². The van der Waals surface area contributed by atoms with E-state index in [0.29, 0.717) is 19.0 Å². The lowest BCUT2D eigenvalue weighted by atomic mass is 10.1. The standard InChI is InChI=1S/C25H32N6OS/c1-3-4-19-15-26-10-7-21(8-11-27-17-28-16-19)32-25-14-24(29-18-30-25)31-12-9-20-13-22(33-2)5-6-23(20)31/h5-6,13-18,21H,3-4,7-12H2,1-2H3,(H,27,28)/b19-16-,26-15?. The minimum atomic E-state index is -0.00455. The molecule has 0 saturated heterocycles. The van der Waals surface area contributed by atoms with Crippen molar-refractivity contribution in [2.75, 3.05) is 30.8 Å². The maximum Gasteiger partial charge on any atom is 0.218 e. The van der Waals surface area contributed by atoms with Crippen molar-refractivity contribution >= 4 is 35.8 Å². The van der Waals surface area contributed by atoms with Crippen LogP contribution in [0.5, 0.6) is 5.88 Å². The predicted molar refractivity (Wildman–Crippen MR) is 137 cm³/mol. The first kappa shape index (κ1) is 23.3. The fourth-order valence-electron chi connectivity index (χ4n) is 4.06. The zero-order chi connectivity index (χ0) is 22.9. The molecule has 1 unspecified atom stereocenters. The molecular weight excluding hydrogens is 432 g/mol. The van der Waals surface area contributed by atoms with Crippen molar-refractivity contribution in [1.82, 2.24) is 15.3 Å². The van der Waals surface area contributed by atoms with E-state index >= 15 is 0 Å². The highest BCUT2D eigenvalue weighted by atomic mass is 32.2. The first-order valence-corrected chi connectivity index (χ1v) is 12.9. The third kappa shape index (κ3) is 6.35. The Labute approximate surface area is 200 Å². The molecule has 0 amide bonds. The van der Waals surface area contributed by atoms with Crippen molar-refractivity contribution in [3.05, 3.63) is 47.9 Å². The SMILES string of the molecule is CCC/C1=C/NC=NCCC(Oc2cc(N3CCc4cc(SC)ccc43)ncn2)CCN=C1. The number of aromatic nitrogens is 2. The molecule has 2 aliphatic rings. The number of anilines is 2. The molecule has 33 heavy (non-hydrogen) atoms. The molecule has 0 aliphatic carbocycles. The second kappa shape index (κ2) is 11.8. The number of hydrogen-bond donors (Lipinski definition) is 1. The maximum absolute atomic E-state index is 6.29. The number of nitrogens with one attached hydrogen (secondary N) is 1. The lowest BCUT2D eigenvalue weighted by molar-refractivity contribution is 0.178. The van der Waals surface area contributed by atoms with Crippen molar-refractivity contribution < 1.29 is 4.74 Å². The number of benzene rings is 1. The summed E-state index contributed by atoms with van der Waals surface area (Å²) >= 11 is 1.77. The van der Waals surface area contributed by atoms with Crippen LogP contribution < -0.4 is 15.0 Å². The van der Waals surface area contributed by atoms with Crippen molar-refractivity contribution in [3.63, 3.8) is 0 Å². The van der Waals surface area contributed by atoms with E-state index in [0.717, 1.165) is 44.5 Å². The number of aliphatic imine (C=N–C) groups is 2. The summed E-state index contributed by atoms with van der Waals surface area (Å²) in [6.45, 7) is 4.48. The second-order valence-electron chi connectivity index (χ2n) is 8.13. The molecule has 0 bridgehead atoms. The zero-order valence-corrected chi connectivity index (χ0v) is 20.2. The molecule has 0 fully saturated rings. The summed E-state index contributed by atoms with van der Waals surface area (Å²) in [6, 6.07) is 8.58. The molecule has 0 spiro atoms. The molecule has 7 nitrogen and oxygen atoms in total. The van der Waals surface area contributed by atoms with Crippen LogP contribution in [-0.2, 0) is 6.42 Å². The Kier molecular flexibility index (Phi) is 8.35. The van der Waals surface area contributed by atoms with Gasteiger partial charge in [0.1, 0.15) is 18.2 Å². The van der Waals surface area contributed by atoms with Crippen LogP contribution in [0.3, 0.4) is 0 Å². The highest BCUT2D eigenvalue weighted by molar-refractivity contribution is 7.98. The second-order valence-corrected chi connectivity index (χ2v) is 9.01. The van der Waals surface area contributed by atoms with Gasteiger partial charge in [-0.1, -0.05) is 13.3 Å². The largest absolute Gasteiger partial charge is 0.474 e. The number of thioether (sulfide) groups is 1. The molecule has 1 N–H and O–H groups in total. The summed E-state index contributed by atoms with van der Waals surface area (Å²) < 4.78 is 6.29. The van der Waals surface area contributed by atoms with Gasteiger partial charge in [-0.2, -0.15) is 0 Å². The average molecular weight is 465 g/mol. The van der Waals surface area contributed by atoms with Gasteiger partial charge in [-0.3, -0.25) is 9.98 Å². The Balaban J connectivity index is 1.44. The van der Waals surface area contributed by atoms with Crippen LogP contribution in [0.25, 0.3) is 0 Å². The van der Waals surface area contributed by atoms with E-state index in [4.69, 9.17) is 4.74 Å². The Hall–Kier alpha value is -2.87. The van der Waals surface area contributed by atoms with Crippen molar-refractivity contribution in [1.29, 1.82) is 0 Å². The minimum Gasteiger partial charge on any atom is -0.474 e. The molecule has 4 rings (SSSR count). The number of ether oxygens (including phenoxy) is 1. The van der Waals surface area contributed by atoms with Gasteiger partial charge in [0.15, 0.2) is 0 Å². The zero-order valence-electron chi connectivity index (χ0n) is 19.4. The summed E-state index contributed by atoms with van der Waals surface area (Å²) in [4.78, 5) is 21.5. The lowest BCUT2D eigenvalue weighted by Gasteiger charge is -2.21. The number of rotatable bonds is 6. The third-order valence-corrected chi connectivity index (χ3v) is 6.49. The molecule has 0 radical (unpaired) electrons. The molecule has 2 aromatic rings. The van der Waals surface area contributed by atoms with E-state index in [1.807, 2.05) is 18.5 Å². The van der Waals surface area contributed by atoms with Crippen molar-refractivity contribution in [3.8, 4) is 5.88 Å². The number of nitrogens with zero attached hydrogens (tertiary/aromatic N) is 5. The minimum absolute atomic E-state index is 0.00455. The van der Waals surface area contributed by atoms with E-state index in [1.165, 1.54) is 21.7 Å². The topological polar surface area (TPSA) is 75.0 Å². The first-order chi connectivity index (χ1) is 16.3. The molecular formula is C25H32N6OS. The van der Waals surface area contributed by atoms with Gasteiger partial charge < -0.3 is 15.0 Å².